The van der Waals surface area contributed by atoms with E-state index in [-0.39, 0.29) is 56.4 Å². The molecule has 0 aliphatic heterocycles. The topological polar surface area (TPSA) is 240 Å². The normalized spacial score (nSPS) is 10.3. The lowest BCUT2D eigenvalue weighted by Crippen LogP contribution is -2.16. The predicted octanol–water partition coefficient (Wildman–Crippen LogP) is 7.99. The summed E-state index contributed by atoms with van der Waals surface area (Å²) in [5.74, 6) is 0.709. The number of carboxylic acids is 1. The zero-order valence-electron chi connectivity index (χ0n) is 31.8. The average molecular weight is 884 g/mol. The number of rotatable bonds is 11. The maximum atomic E-state index is 11.6. The molecule has 3 aromatic carbocycles. The molecule has 0 aliphatic rings. The van der Waals surface area contributed by atoms with E-state index in [0.717, 1.165) is 0 Å². The molecular formula is C39H37Cl3O17. The average Bonchev–Trinajstić information content (AvgIpc) is 3.19. The number of carboxylic acid groups (broad SMARTS) is 1. The summed E-state index contributed by atoms with van der Waals surface area (Å²) in [6, 6.07) is 12.1. The van der Waals surface area contributed by atoms with Gasteiger partial charge in [-0.1, -0.05) is 34.8 Å². The van der Waals surface area contributed by atoms with Crippen LogP contribution in [0.5, 0.6) is 23.0 Å². The second-order valence-electron chi connectivity index (χ2n) is 10.6. The first-order valence-electron chi connectivity index (χ1n) is 16.9. The summed E-state index contributed by atoms with van der Waals surface area (Å²) in [6.45, 7) is 8.58. The largest absolute Gasteiger partial charge is 0.508 e. The van der Waals surface area contributed by atoms with Gasteiger partial charge in [0.15, 0.2) is 6.11 Å². The Hall–Kier alpha value is -6.29. The molecular weight excluding hydrogens is 847 g/mol. The van der Waals surface area contributed by atoms with Crippen LogP contribution in [0.4, 0.5) is 0 Å². The number of benzene rings is 3. The Labute approximate surface area is 350 Å². The van der Waals surface area contributed by atoms with Gasteiger partial charge in [0.25, 0.3) is 5.76 Å². The molecule has 20 heteroatoms. The van der Waals surface area contributed by atoms with Crippen molar-refractivity contribution in [2.75, 3.05) is 33.5 Å². The molecule has 0 fully saturated rings. The van der Waals surface area contributed by atoms with Crippen LogP contribution in [-0.4, -0.2) is 65.9 Å². The molecule has 0 radical (unpaired) electrons. The van der Waals surface area contributed by atoms with E-state index in [1.54, 1.807) is 20.8 Å². The van der Waals surface area contributed by atoms with E-state index in [0.29, 0.717) is 41.4 Å². The van der Waals surface area contributed by atoms with Gasteiger partial charge in [-0.2, -0.15) is 9.78 Å². The lowest BCUT2D eigenvalue weighted by atomic mass is 10.2. The van der Waals surface area contributed by atoms with Gasteiger partial charge in [0.2, 0.25) is 0 Å². The maximum absolute atomic E-state index is 11.6. The first-order valence-corrected chi connectivity index (χ1v) is 18.0. The molecule has 0 unspecified atom stereocenters. The minimum absolute atomic E-state index is 0.0110. The van der Waals surface area contributed by atoms with Gasteiger partial charge in [0.1, 0.15) is 51.6 Å². The van der Waals surface area contributed by atoms with Gasteiger partial charge in [-0.05, 0) is 64.1 Å². The lowest BCUT2D eigenvalue weighted by Gasteiger charge is -2.04. The van der Waals surface area contributed by atoms with E-state index in [1.807, 2.05) is 6.92 Å². The number of phenols is 3. The molecule has 316 valence electrons. The Morgan fingerprint density at radius 1 is 0.729 bits per heavy atom. The first-order chi connectivity index (χ1) is 28.1. The number of fused-ring (bicyclic) bond motifs is 2. The quantitative estimate of drug-likeness (QED) is 0.0187. The highest BCUT2D eigenvalue weighted by atomic mass is 35.5. The zero-order valence-corrected chi connectivity index (χ0v) is 34.1. The van der Waals surface area contributed by atoms with Gasteiger partial charge in [0.05, 0.1) is 48.6 Å². The van der Waals surface area contributed by atoms with E-state index >= 15 is 0 Å². The van der Waals surface area contributed by atoms with Crippen LogP contribution in [0.3, 0.4) is 0 Å². The van der Waals surface area contributed by atoms with E-state index < -0.39 is 28.8 Å². The highest BCUT2D eigenvalue weighted by Crippen LogP contribution is 2.30. The number of methoxy groups -OCH3 is 1. The fourth-order valence-electron chi connectivity index (χ4n) is 3.92. The summed E-state index contributed by atoms with van der Waals surface area (Å²) < 4.78 is 24.5. The molecule has 0 saturated heterocycles. The molecule has 17 nitrogen and oxygen atoms in total. The van der Waals surface area contributed by atoms with Crippen LogP contribution >= 0.6 is 34.8 Å². The molecule has 0 atom stereocenters. The fourth-order valence-corrected chi connectivity index (χ4v) is 4.46. The zero-order chi connectivity index (χ0) is 44.1. The Balaban J connectivity index is 0.000000278. The molecule has 0 spiro atoms. The Morgan fingerprint density at radius 3 is 1.88 bits per heavy atom. The van der Waals surface area contributed by atoms with E-state index in [4.69, 9.17) is 82.9 Å². The van der Waals surface area contributed by atoms with Gasteiger partial charge in [-0.25, -0.2) is 19.2 Å². The van der Waals surface area contributed by atoms with Crippen LogP contribution in [-0.2, 0) is 29.0 Å². The first kappa shape index (κ1) is 48.9. The minimum atomic E-state index is -1.34. The number of carbonyl (C=O) groups is 2. The van der Waals surface area contributed by atoms with Crippen molar-refractivity contribution >= 4 is 68.7 Å². The van der Waals surface area contributed by atoms with Crippen molar-refractivity contribution in [2.45, 2.75) is 27.7 Å². The third-order valence-corrected chi connectivity index (χ3v) is 7.40. The molecule has 4 N–H and O–H groups in total. The molecule has 0 bridgehead atoms. The van der Waals surface area contributed by atoms with E-state index in [9.17, 15) is 24.3 Å². The van der Waals surface area contributed by atoms with Crippen LogP contribution < -0.4 is 16.0 Å². The molecule has 2 aromatic heterocycles. The molecule has 5 rings (SSSR count). The van der Waals surface area contributed by atoms with Crippen LogP contribution in [0.2, 0.25) is 15.1 Å². The highest BCUT2D eigenvalue weighted by molar-refractivity contribution is 6.33. The van der Waals surface area contributed by atoms with Crippen LogP contribution in [0.25, 0.3) is 21.9 Å². The molecule has 5 aromatic rings. The Bertz CT molecular complexity index is 2410. The second kappa shape index (κ2) is 25.2. The number of hydrogen-bond donors (Lipinski definition) is 4. The van der Waals surface area contributed by atoms with Crippen LogP contribution in [0.1, 0.15) is 48.4 Å². The third-order valence-electron chi connectivity index (χ3n) is 6.48. The maximum Gasteiger partial charge on any atom is 0.351 e. The van der Waals surface area contributed by atoms with Crippen molar-refractivity contribution in [3.63, 3.8) is 0 Å². The van der Waals surface area contributed by atoms with Gasteiger partial charge in [-0.3, -0.25) is 4.89 Å². The number of aromatic carboxylic acids is 1. The number of carbonyl (C=O) groups excluding carboxylic acids is 1. The summed E-state index contributed by atoms with van der Waals surface area (Å²) in [4.78, 5) is 63.7. The van der Waals surface area contributed by atoms with Gasteiger partial charge < -0.3 is 48.4 Å². The summed E-state index contributed by atoms with van der Waals surface area (Å²) in [5, 5.41) is 37.2. The number of phenolic OH excluding ortho intramolecular Hbond substituents is 3. The number of ether oxygens (including phenoxy) is 3. The smallest absolute Gasteiger partial charge is 0.351 e. The summed E-state index contributed by atoms with van der Waals surface area (Å²) in [6.07, 6.45) is 3.62. The van der Waals surface area contributed by atoms with Crippen molar-refractivity contribution in [2.24, 2.45) is 0 Å². The van der Waals surface area contributed by atoms with Crippen molar-refractivity contribution < 1.29 is 72.6 Å². The summed E-state index contributed by atoms with van der Waals surface area (Å²) in [7, 11) is 1.43. The van der Waals surface area contributed by atoms with Crippen LogP contribution in [0.15, 0.2) is 85.0 Å². The van der Waals surface area contributed by atoms with E-state index in [1.165, 1.54) is 68.0 Å². The Kier molecular flexibility index (Phi) is 20.8. The van der Waals surface area contributed by atoms with Crippen LogP contribution in [0, 0.1) is 12.0 Å². The summed E-state index contributed by atoms with van der Waals surface area (Å²) in [5.41, 5.74) is -1.99. The van der Waals surface area contributed by atoms with E-state index in [2.05, 4.69) is 21.8 Å². The molecule has 2 heterocycles. The second-order valence-corrected chi connectivity index (χ2v) is 11.8. The van der Waals surface area contributed by atoms with Gasteiger partial charge in [-0.15, -0.1) is 0 Å². The SMILES string of the molecule is CCOC(=O)c1cc2cc(Cl)c(O)cc2oc1=O.CCOC=C(C#COOCC)OOCC.COc1cc2oc(=O)c(C(=O)O)cc2cc1Cl.Oc1ccc(Cl)c(O)c1. The lowest BCUT2D eigenvalue weighted by molar-refractivity contribution is -0.255. The molecule has 59 heavy (non-hydrogen) atoms. The van der Waals surface area contributed by atoms with Crippen molar-refractivity contribution in [3.8, 4) is 35.0 Å². The number of aromatic hydroxyl groups is 3. The Morgan fingerprint density at radius 2 is 1.32 bits per heavy atom. The highest BCUT2D eigenvalue weighted by Gasteiger charge is 2.16. The van der Waals surface area contributed by atoms with Crippen molar-refractivity contribution in [1.82, 2.24) is 0 Å². The monoisotopic (exact) mass is 882 g/mol. The number of halogens is 3. The summed E-state index contributed by atoms with van der Waals surface area (Å²) >= 11 is 17.0. The standard InChI is InChI=1S/C12H9ClO5.C11H7ClO5.C10H16O5.C6H5ClO2/c1-2-17-11(15)7-3-6-4-8(13)9(14)5-10(6)18-12(7)16;1-16-9-4-8-5(3-7(9)12)2-6(10(13)14)11(15)17-8;1-4-11-9-10(15-13-6-3)7-8-14-12-5-2;7-5-2-1-4(8)3-6(5)9/h3-5,14H,2H2,1H3;2-4H,1H3,(H,13,14);9H,4-6H2,1-3H3;1-3,8-9H. The number of esters is 1. The van der Waals surface area contributed by atoms with Crippen molar-refractivity contribution in [3.05, 3.63) is 114 Å². The molecule has 0 aliphatic carbocycles. The third kappa shape index (κ3) is 15.9. The predicted molar refractivity (Wildman–Crippen MR) is 214 cm³/mol. The minimum Gasteiger partial charge on any atom is -0.508 e. The van der Waals surface area contributed by atoms with Gasteiger partial charge >= 0.3 is 23.2 Å². The molecule has 0 amide bonds. The fraction of sp³-hybridized carbons (Fsp3) is 0.231. The van der Waals surface area contributed by atoms with Gasteiger partial charge in [0, 0.05) is 34.9 Å². The number of allylic oxidation sites excluding steroid dienone is 1. The van der Waals surface area contributed by atoms with Crippen molar-refractivity contribution in [1.29, 1.82) is 0 Å². The molecule has 0 saturated carbocycles. The number of hydrogen-bond acceptors (Lipinski definition) is 16.